The molecule has 0 saturated heterocycles. The molecule has 0 aromatic carbocycles. The largest absolute Gasteiger partial charge is 0.355 e. The molecule has 0 rings (SSSR count). The molecule has 0 aliphatic heterocycles. The lowest BCUT2D eigenvalue weighted by atomic mass is 9.98. The minimum atomic E-state index is -0.144. The van der Waals surface area contributed by atoms with E-state index in [0.717, 1.165) is 71.5 Å². The fourth-order valence-electron chi connectivity index (χ4n) is 7.98. The molecule has 2 atom stereocenters. The molecule has 1 amide bonds. The molecule has 57 heavy (non-hydrogen) atoms. The Balaban J connectivity index is 4.55. The van der Waals surface area contributed by atoms with Gasteiger partial charge in [0.05, 0.1) is 6.04 Å². The van der Waals surface area contributed by atoms with Crippen molar-refractivity contribution in [1.29, 1.82) is 0 Å². The van der Waals surface area contributed by atoms with E-state index in [0.29, 0.717) is 25.6 Å². The zero-order valence-electron chi connectivity index (χ0n) is 38.6. The maximum absolute atomic E-state index is 13.4. The van der Waals surface area contributed by atoms with Crippen LogP contribution in [0.4, 0.5) is 0 Å². The predicted molar refractivity (Wildman–Crippen MR) is 253 cm³/mol. The number of nitrogens with zero attached hydrogens (tertiary/aromatic N) is 1. The molecule has 0 fully saturated rings. The molecular weight excluding hydrogens is 703 g/mol. The molecular formula is C49H103N7O. The van der Waals surface area contributed by atoms with Crippen LogP contribution in [0.5, 0.6) is 0 Å². The van der Waals surface area contributed by atoms with E-state index in [2.05, 4.69) is 46.8 Å². The number of rotatable bonds is 48. The molecule has 0 bridgehead atoms. The van der Waals surface area contributed by atoms with E-state index < -0.39 is 0 Å². The van der Waals surface area contributed by atoms with Crippen LogP contribution in [0.3, 0.4) is 0 Å². The summed E-state index contributed by atoms with van der Waals surface area (Å²) in [5.74, 6) is 0.669. The van der Waals surface area contributed by atoms with Crippen LogP contribution < -0.4 is 33.2 Å². The number of unbranched alkanes of at least 4 members (excludes halogenated alkanes) is 26. The Hall–Kier alpha value is -1.03. The summed E-state index contributed by atoms with van der Waals surface area (Å²) < 4.78 is 0. The molecule has 0 aliphatic carbocycles. The molecule has 0 aromatic heterocycles. The normalized spacial score (nSPS) is 12.9. The molecule has 0 spiro atoms. The van der Waals surface area contributed by atoms with Gasteiger partial charge in [-0.2, -0.15) is 0 Å². The summed E-state index contributed by atoms with van der Waals surface area (Å²) in [6.45, 7) is 12.9. The second kappa shape index (κ2) is 47.6. The lowest BCUT2D eigenvalue weighted by Gasteiger charge is -2.25. The lowest BCUT2D eigenvalue weighted by molar-refractivity contribution is -0.123. The second-order valence-electron chi connectivity index (χ2n) is 17.3. The van der Waals surface area contributed by atoms with Gasteiger partial charge in [0.2, 0.25) is 5.91 Å². The van der Waals surface area contributed by atoms with E-state index >= 15 is 0 Å². The molecule has 8 heteroatoms. The number of allylic oxidation sites excluding steroid dienone is 2. The molecule has 340 valence electrons. The minimum absolute atomic E-state index is 0.144. The Morgan fingerprint density at radius 3 is 1.44 bits per heavy atom. The molecule has 0 aliphatic rings. The highest BCUT2D eigenvalue weighted by Gasteiger charge is 2.19. The van der Waals surface area contributed by atoms with Gasteiger partial charge >= 0.3 is 0 Å². The molecule has 0 heterocycles. The number of hydrogen-bond acceptors (Lipinski definition) is 7. The SMILES string of the molecule is CCCCCCCC/C=C\CCCCCCCCNC(=O)[C@H](CCCCN)NCC(CCCCCCCCCCCCCCCC)CNCCN(CCN)CCN. The molecule has 8 nitrogen and oxygen atoms in total. The molecule has 0 radical (unpaired) electrons. The first-order chi connectivity index (χ1) is 28.1. The summed E-state index contributed by atoms with van der Waals surface area (Å²) in [5, 5.41) is 10.8. The van der Waals surface area contributed by atoms with Gasteiger partial charge < -0.3 is 33.2 Å². The van der Waals surface area contributed by atoms with E-state index in [1.165, 1.54) is 180 Å². The van der Waals surface area contributed by atoms with Gasteiger partial charge in [0.15, 0.2) is 0 Å². The van der Waals surface area contributed by atoms with Crippen LogP contribution in [0.15, 0.2) is 12.2 Å². The highest BCUT2D eigenvalue weighted by Crippen LogP contribution is 2.16. The van der Waals surface area contributed by atoms with Crippen molar-refractivity contribution in [3.8, 4) is 0 Å². The minimum Gasteiger partial charge on any atom is -0.355 e. The molecule has 9 N–H and O–H groups in total. The summed E-state index contributed by atoms with van der Waals surface area (Å²) in [6, 6.07) is -0.144. The molecule has 0 saturated carbocycles. The van der Waals surface area contributed by atoms with Gasteiger partial charge in [0.1, 0.15) is 0 Å². The first-order valence-corrected chi connectivity index (χ1v) is 25.3. The van der Waals surface area contributed by atoms with Crippen LogP contribution in [0.2, 0.25) is 0 Å². The molecule has 0 aromatic rings. The number of carbonyl (C=O) groups is 1. The monoisotopic (exact) mass is 806 g/mol. The van der Waals surface area contributed by atoms with Crippen LogP contribution in [-0.2, 0) is 4.79 Å². The standard InChI is InChI=1S/C49H103N7O/c1-3-5-7-9-11-13-15-17-19-20-22-24-26-28-30-34-40-54-49(57)48(36-32-33-37-50)55-46-47(45-53-41-44-56(42-38-51)43-39-52)35-31-29-27-25-23-21-18-16-14-12-10-8-6-4-2/h17,19,47-48,53,55H,3-16,18,20-46,50-52H2,1-2H3,(H,54,57)/b19-17-/t47?,48-/m0/s1. The maximum Gasteiger partial charge on any atom is 0.237 e. The Morgan fingerprint density at radius 2 is 0.947 bits per heavy atom. The van der Waals surface area contributed by atoms with Crippen molar-refractivity contribution in [2.45, 2.75) is 225 Å². The van der Waals surface area contributed by atoms with Crippen molar-refractivity contribution in [2.24, 2.45) is 23.1 Å². The Bertz CT molecular complexity index is 807. The Kier molecular flexibility index (Phi) is 46.8. The van der Waals surface area contributed by atoms with Crippen LogP contribution in [-0.4, -0.2) is 82.3 Å². The fraction of sp³-hybridized carbons (Fsp3) is 0.939. The van der Waals surface area contributed by atoms with Crippen LogP contribution >= 0.6 is 0 Å². The number of carbonyl (C=O) groups excluding carboxylic acids is 1. The van der Waals surface area contributed by atoms with Crippen molar-refractivity contribution >= 4 is 5.91 Å². The fourth-order valence-corrected chi connectivity index (χ4v) is 7.98. The van der Waals surface area contributed by atoms with Crippen LogP contribution in [0, 0.1) is 5.92 Å². The van der Waals surface area contributed by atoms with Crippen molar-refractivity contribution < 1.29 is 4.79 Å². The smallest absolute Gasteiger partial charge is 0.237 e. The highest BCUT2D eigenvalue weighted by molar-refractivity contribution is 5.81. The maximum atomic E-state index is 13.4. The number of amides is 1. The lowest BCUT2D eigenvalue weighted by Crippen LogP contribution is -2.47. The zero-order valence-corrected chi connectivity index (χ0v) is 38.6. The van der Waals surface area contributed by atoms with Gasteiger partial charge in [-0.15, -0.1) is 0 Å². The van der Waals surface area contributed by atoms with Gasteiger partial charge in [-0.1, -0.05) is 180 Å². The van der Waals surface area contributed by atoms with E-state index in [1.54, 1.807) is 0 Å². The van der Waals surface area contributed by atoms with Crippen molar-refractivity contribution in [2.75, 3.05) is 65.4 Å². The number of hydrogen-bond donors (Lipinski definition) is 6. The van der Waals surface area contributed by atoms with Gasteiger partial charge in [0, 0.05) is 45.8 Å². The van der Waals surface area contributed by atoms with Gasteiger partial charge in [-0.3, -0.25) is 9.69 Å². The van der Waals surface area contributed by atoms with E-state index in [1.807, 2.05) is 0 Å². The van der Waals surface area contributed by atoms with E-state index in [9.17, 15) is 4.79 Å². The summed E-state index contributed by atoms with van der Waals surface area (Å²) in [6.07, 6.45) is 46.4. The third-order valence-electron chi connectivity index (χ3n) is 11.8. The summed E-state index contributed by atoms with van der Waals surface area (Å²) in [7, 11) is 0. The third-order valence-corrected chi connectivity index (χ3v) is 11.8. The highest BCUT2D eigenvalue weighted by atomic mass is 16.2. The van der Waals surface area contributed by atoms with Crippen molar-refractivity contribution in [1.82, 2.24) is 20.9 Å². The quantitative estimate of drug-likeness (QED) is 0.0266. The van der Waals surface area contributed by atoms with Gasteiger partial charge in [0.25, 0.3) is 0 Å². The predicted octanol–water partition coefficient (Wildman–Crippen LogP) is 10.5. The third kappa shape index (κ3) is 41.5. The Morgan fingerprint density at radius 1 is 0.491 bits per heavy atom. The van der Waals surface area contributed by atoms with Crippen molar-refractivity contribution in [3.63, 3.8) is 0 Å². The number of nitrogens with two attached hydrogens (primary N) is 3. The number of nitrogens with one attached hydrogen (secondary N) is 3. The summed E-state index contributed by atoms with van der Waals surface area (Å²) >= 11 is 0. The first-order valence-electron chi connectivity index (χ1n) is 25.3. The zero-order chi connectivity index (χ0) is 41.5. The van der Waals surface area contributed by atoms with Gasteiger partial charge in [-0.25, -0.2) is 0 Å². The average molecular weight is 806 g/mol. The second-order valence-corrected chi connectivity index (χ2v) is 17.3. The topological polar surface area (TPSA) is 134 Å². The van der Waals surface area contributed by atoms with E-state index in [-0.39, 0.29) is 11.9 Å². The van der Waals surface area contributed by atoms with E-state index in [4.69, 9.17) is 17.2 Å². The Labute approximate surface area is 356 Å². The van der Waals surface area contributed by atoms with Gasteiger partial charge in [-0.05, 0) is 76.9 Å². The van der Waals surface area contributed by atoms with Crippen LogP contribution in [0.1, 0.15) is 219 Å². The molecule has 1 unspecified atom stereocenters. The van der Waals surface area contributed by atoms with Crippen molar-refractivity contribution in [3.05, 3.63) is 12.2 Å². The summed E-state index contributed by atoms with van der Waals surface area (Å²) in [5.41, 5.74) is 17.5. The van der Waals surface area contributed by atoms with Crippen LogP contribution in [0.25, 0.3) is 0 Å². The first kappa shape index (κ1) is 56.0. The summed E-state index contributed by atoms with van der Waals surface area (Å²) in [4.78, 5) is 15.8. The average Bonchev–Trinajstić information content (AvgIpc) is 3.21.